The van der Waals surface area contributed by atoms with Crippen LogP contribution >= 0.6 is 0 Å². The molecule has 0 aliphatic carbocycles. The summed E-state index contributed by atoms with van der Waals surface area (Å²) in [6.07, 6.45) is 0.574. The maximum Gasteiger partial charge on any atom is 0.237 e. The SMILES string of the molecule is CC(C)NC(=O)C(N)CCO[Si](C)(C)C(C)(C)C. The summed E-state index contributed by atoms with van der Waals surface area (Å²) < 4.78 is 6.00. The molecular weight excluding hydrogens is 244 g/mol. The largest absolute Gasteiger partial charge is 0.417 e. The second-order valence-electron chi connectivity index (χ2n) is 6.67. The molecule has 0 radical (unpaired) electrons. The summed E-state index contributed by atoms with van der Waals surface area (Å²) >= 11 is 0. The van der Waals surface area contributed by atoms with Crippen molar-refractivity contribution in [2.75, 3.05) is 6.61 Å². The maximum absolute atomic E-state index is 11.6. The van der Waals surface area contributed by atoms with Gasteiger partial charge in [0.05, 0.1) is 6.04 Å². The lowest BCUT2D eigenvalue weighted by Crippen LogP contribution is -2.46. The van der Waals surface area contributed by atoms with Gasteiger partial charge in [-0.05, 0) is 38.4 Å². The third-order valence-corrected chi connectivity index (χ3v) is 8.00. The fourth-order valence-electron chi connectivity index (χ4n) is 1.18. The van der Waals surface area contributed by atoms with Gasteiger partial charge in [0.25, 0.3) is 0 Å². The number of hydrogen-bond donors (Lipinski definition) is 2. The van der Waals surface area contributed by atoms with Crippen molar-refractivity contribution in [3.63, 3.8) is 0 Å². The second kappa shape index (κ2) is 6.68. The molecule has 5 heteroatoms. The molecule has 4 nitrogen and oxygen atoms in total. The van der Waals surface area contributed by atoms with Crippen LogP contribution in [-0.4, -0.2) is 32.9 Å². The van der Waals surface area contributed by atoms with E-state index in [1.807, 2.05) is 13.8 Å². The normalized spacial score (nSPS) is 14.7. The van der Waals surface area contributed by atoms with Gasteiger partial charge in [-0.25, -0.2) is 0 Å². The van der Waals surface area contributed by atoms with E-state index in [0.29, 0.717) is 13.0 Å². The lowest BCUT2D eigenvalue weighted by atomic mass is 10.2. The van der Waals surface area contributed by atoms with Gasteiger partial charge >= 0.3 is 0 Å². The fraction of sp³-hybridized carbons (Fsp3) is 0.923. The summed E-state index contributed by atoms with van der Waals surface area (Å²) in [7, 11) is -1.73. The Kier molecular flexibility index (Phi) is 6.53. The minimum Gasteiger partial charge on any atom is -0.417 e. The van der Waals surface area contributed by atoms with Gasteiger partial charge in [-0.1, -0.05) is 20.8 Å². The first kappa shape index (κ1) is 17.6. The molecule has 0 aliphatic heterocycles. The van der Waals surface area contributed by atoms with Crippen LogP contribution in [0.1, 0.15) is 41.0 Å². The summed E-state index contributed by atoms with van der Waals surface area (Å²) in [4.78, 5) is 11.6. The van der Waals surface area contributed by atoms with Gasteiger partial charge in [0.2, 0.25) is 5.91 Å². The first-order valence-electron chi connectivity index (χ1n) is 6.67. The van der Waals surface area contributed by atoms with Gasteiger partial charge in [0, 0.05) is 12.6 Å². The highest BCUT2D eigenvalue weighted by molar-refractivity contribution is 6.74. The van der Waals surface area contributed by atoms with Crippen LogP contribution in [-0.2, 0) is 9.22 Å². The Labute approximate surface area is 113 Å². The molecule has 1 amide bonds. The number of nitrogens with one attached hydrogen (secondary N) is 1. The Morgan fingerprint density at radius 3 is 2.22 bits per heavy atom. The quantitative estimate of drug-likeness (QED) is 0.730. The van der Waals surface area contributed by atoms with E-state index in [0.717, 1.165) is 0 Å². The van der Waals surface area contributed by atoms with Crippen molar-refractivity contribution in [1.82, 2.24) is 5.32 Å². The molecule has 1 atom stereocenters. The molecule has 0 spiro atoms. The molecule has 0 bridgehead atoms. The van der Waals surface area contributed by atoms with Crippen molar-refractivity contribution in [3.8, 4) is 0 Å². The van der Waals surface area contributed by atoms with E-state index in [1.54, 1.807) is 0 Å². The van der Waals surface area contributed by atoms with E-state index in [2.05, 4.69) is 39.2 Å². The Balaban J connectivity index is 4.09. The monoisotopic (exact) mass is 274 g/mol. The molecule has 0 saturated carbocycles. The van der Waals surface area contributed by atoms with Crippen LogP contribution in [0.3, 0.4) is 0 Å². The Morgan fingerprint density at radius 1 is 1.33 bits per heavy atom. The van der Waals surface area contributed by atoms with Crippen LogP contribution in [0.5, 0.6) is 0 Å². The summed E-state index contributed by atoms with van der Waals surface area (Å²) in [5.74, 6) is -0.0937. The Bertz CT molecular complexity index is 273. The maximum atomic E-state index is 11.6. The van der Waals surface area contributed by atoms with E-state index in [9.17, 15) is 4.79 Å². The van der Waals surface area contributed by atoms with Crippen LogP contribution in [0.25, 0.3) is 0 Å². The molecule has 0 aromatic heterocycles. The fourth-order valence-corrected chi connectivity index (χ4v) is 2.24. The number of carbonyl (C=O) groups is 1. The predicted molar refractivity (Wildman–Crippen MR) is 79.0 cm³/mol. The number of carbonyl (C=O) groups excluding carboxylic acids is 1. The average Bonchev–Trinajstić information content (AvgIpc) is 2.14. The summed E-state index contributed by atoms with van der Waals surface area (Å²) in [5.41, 5.74) is 5.83. The van der Waals surface area contributed by atoms with E-state index in [1.165, 1.54) is 0 Å². The van der Waals surface area contributed by atoms with E-state index >= 15 is 0 Å². The third-order valence-electron chi connectivity index (χ3n) is 3.47. The topological polar surface area (TPSA) is 64.4 Å². The smallest absolute Gasteiger partial charge is 0.237 e. The first-order valence-corrected chi connectivity index (χ1v) is 9.58. The van der Waals surface area contributed by atoms with Crippen molar-refractivity contribution in [3.05, 3.63) is 0 Å². The van der Waals surface area contributed by atoms with Gasteiger partial charge in [-0.15, -0.1) is 0 Å². The van der Waals surface area contributed by atoms with Gasteiger partial charge in [0.15, 0.2) is 8.32 Å². The van der Waals surface area contributed by atoms with Gasteiger partial charge in [-0.3, -0.25) is 4.79 Å². The van der Waals surface area contributed by atoms with E-state index in [4.69, 9.17) is 10.2 Å². The second-order valence-corrected chi connectivity index (χ2v) is 11.5. The molecule has 1 unspecified atom stereocenters. The standard InChI is InChI=1S/C13H30N2O2Si/c1-10(2)15-12(16)11(14)8-9-17-18(6,7)13(3,4)5/h10-11H,8-9,14H2,1-7H3,(H,15,16). The molecule has 0 fully saturated rings. The zero-order valence-electron chi connectivity index (χ0n) is 13.0. The molecule has 3 N–H and O–H groups in total. The van der Waals surface area contributed by atoms with Gasteiger partial charge in [-0.2, -0.15) is 0 Å². The van der Waals surface area contributed by atoms with Crippen molar-refractivity contribution < 1.29 is 9.22 Å². The van der Waals surface area contributed by atoms with Crippen LogP contribution in [0.15, 0.2) is 0 Å². The number of amides is 1. The number of hydrogen-bond acceptors (Lipinski definition) is 3. The number of nitrogens with two attached hydrogens (primary N) is 1. The molecule has 108 valence electrons. The number of rotatable bonds is 6. The van der Waals surface area contributed by atoms with Crippen LogP contribution in [0.4, 0.5) is 0 Å². The van der Waals surface area contributed by atoms with Crippen LogP contribution < -0.4 is 11.1 Å². The average molecular weight is 274 g/mol. The highest BCUT2D eigenvalue weighted by Gasteiger charge is 2.37. The van der Waals surface area contributed by atoms with Gasteiger partial charge < -0.3 is 15.5 Å². The molecule has 0 saturated heterocycles. The minimum absolute atomic E-state index is 0.0937. The molecular formula is C13H30N2O2Si. The molecule has 0 aromatic rings. The zero-order valence-corrected chi connectivity index (χ0v) is 14.0. The summed E-state index contributed by atoms with van der Waals surface area (Å²) in [6.45, 7) is 15.4. The van der Waals surface area contributed by atoms with Crippen LogP contribution in [0.2, 0.25) is 18.1 Å². The lowest BCUT2D eigenvalue weighted by Gasteiger charge is -2.36. The molecule has 18 heavy (non-hydrogen) atoms. The van der Waals surface area contributed by atoms with Crippen molar-refractivity contribution in [2.24, 2.45) is 5.73 Å². The molecule has 0 aliphatic rings. The highest BCUT2D eigenvalue weighted by atomic mass is 28.4. The summed E-state index contributed by atoms with van der Waals surface area (Å²) in [6, 6.07) is -0.345. The Morgan fingerprint density at radius 2 is 1.83 bits per heavy atom. The minimum atomic E-state index is -1.73. The van der Waals surface area contributed by atoms with Crippen molar-refractivity contribution >= 4 is 14.2 Å². The molecule has 0 rings (SSSR count). The van der Waals surface area contributed by atoms with Crippen molar-refractivity contribution in [2.45, 2.75) is 71.3 Å². The lowest BCUT2D eigenvalue weighted by molar-refractivity contribution is -0.123. The predicted octanol–water partition coefficient (Wildman–Crippen LogP) is 2.25. The molecule has 0 heterocycles. The Hall–Kier alpha value is -0.393. The van der Waals surface area contributed by atoms with Crippen molar-refractivity contribution in [1.29, 1.82) is 0 Å². The summed E-state index contributed by atoms with van der Waals surface area (Å²) in [5, 5.41) is 3.00. The van der Waals surface area contributed by atoms with E-state index < -0.39 is 14.4 Å². The first-order chi connectivity index (χ1) is 7.97. The van der Waals surface area contributed by atoms with Gasteiger partial charge in [0.1, 0.15) is 0 Å². The highest BCUT2D eigenvalue weighted by Crippen LogP contribution is 2.36. The zero-order chi connectivity index (χ0) is 14.6. The van der Waals surface area contributed by atoms with Crippen LogP contribution in [0, 0.1) is 0 Å². The molecule has 0 aromatic carbocycles. The van der Waals surface area contributed by atoms with E-state index in [-0.39, 0.29) is 17.0 Å². The third kappa shape index (κ3) is 5.98.